The van der Waals surface area contributed by atoms with Crippen molar-refractivity contribution in [3.05, 3.63) is 96.2 Å². The third-order valence-corrected chi connectivity index (χ3v) is 7.44. The first-order chi connectivity index (χ1) is 19.7. The summed E-state index contributed by atoms with van der Waals surface area (Å²) in [5.41, 5.74) is 3.98. The molecule has 206 valence electrons. The molecule has 0 unspecified atom stereocenters. The van der Waals surface area contributed by atoms with Gasteiger partial charge in [-0.1, -0.05) is 6.07 Å². The molecule has 2 N–H and O–H groups in total. The van der Waals surface area contributed by atoms with E-state index in [4.69, 9.17) is 4.74 Å². The number of nitrogens with zero attached hydrogens (tertiary/aromatic N) is 3. The van der Waals surface area contributed by atoms with Gasteiger partial charge in [0, 0.05) is 41.8 Å². The number of hydrogen-bond donors (Lipinski definition) is 2. The zero-order valence-corrected chi connectivity index (χ0v) is 22.9. The smallest absolute Gasteiger partial charge is 0.240 e. The maximum Gasteiger partial charge on any atom is 0.240 e. The van der Waals surface area contributed by atoms with E-state index in [0.29, 0.717) is 46.8 Å². The quantitative estimate of drug-likeness (QED) is 0.225. The van der Waals surface area contributed by atoms with Crippen molar-refractivity contribution in [2.45, 2.75) is 26.7 Å². The fourth-order valence-corrected chi connectivity index (χ4v) is 4.97. The first-order valence-electron chi connectivity index (χ1n) is 13.3. The lowest BCUT2D eigenvalue weighted by molar-refractivity contribution is -0.131. The molecule has 0 aliphatic heterocycles. The van der Waals surface area contributed by atoms with E-state index in [0.717, 1.165) is 22.0 Å². The predicted molar refractivity (Wildman–Crippen MR) is 155 cm³/mol. The highest BCUT2D eigenvalue weighted by Gasteiger charge is 2.56. The van der Waals surface area contributed by atoms with Crippen LogP contribution in [-0.4, -0.2) is 26.6 Å². The van der Waals surface area contributed by atoms with Gasteiger partial charge in [0.2, 0.25) is 11.8 Å². The van der Waals surface area contributed by atoms with Gasteiger partial charge >= 0.3 is 0 Å². The van der Waals surface area contributed by atoms with E-state index >= 15 is 0 Å². The molecule has 1 aliphatic carbocycles. The number of nitrogens with one attached hydrogen (secondary N) is 2. The number of aryl methyl sites for hydroxylation is 3. The molecule has 1 fully saturated rings. The molecular weight excluding hydrogens is 521 g/mol. The monoisotopic (exact) mass is 549 g/mol. The highest BCUT2D eigenvalue weighted by molar-refractivity contribution is 6.17. The Morgan fingerprint density at radius 3 is 2.29 bits per heavy atom. The van der Waals surface area contributed by atoms with Crippen LogP contribution in [0.15, 0.2) is 79.3 Å². The van der Waals surface area contributed by atoms with Gasteiger partial charge in [-0.15, -0.1) is 0 Å². The van der Waals surface area contributed by atoms with Crippen LogP contribution in [0.2, 0.25) is 0 Å². The molecule has 1 aliphatic rings. The molecule has 1 saturated carbocycles. The first kappa shape index (κ1) is 26.2. The van der Waals surface area contributed by atoms with E-state index in [1.807, 2.05) is 43.7 Å². The molecule has 0 atom stereocenters. The molecule has 0 radical (unpaired) electrons. The number of carbonyl (C=O) groups is 2. The summed E-state index contributed by atoms with van der Waals surface area (Å²) in [5, 5.41) is 10.8. The number of halogens is 1. The van der Waals surface area contributed by atoms with Crippen LogP contribution in [0.4, 0.5) is 15.8 Å². The normalized spacial score (nSPS) is 13.6. The van der Waals surface area contributed by atoms with Crippen LogP contribution in [0.3, 0.4) is 0 Å². The van der Waals surface area contributed by atoms with Crippen LogP contribution in [0, 0.1) is 25.1 Å². The summed E-state index contributed by atoms with van der Waals surface area (Å²) in [4.78, 5) is 30.7. The summed E-state index contributed by atoms with van der Waals surface area (Å²) in [5.74, 6) is 0.128. The number of ether oxygens (including phenoxy) is 1. The van der Waals surface area contributed by atoms with Gasteiger partial charge in [-0.25, -0.2) is 4.39 Å². The Kier molecular flexibility index (Phi) is 6.49. The van der Waals surface area contributed by atoms with E-state index in [2.05, 4.69) is 20.7 Å². The molecule has 6 rings (SSSR count). The Balaban J connectivity index is 1.13. The van der Waals surface area contributed by atoms with Crippen molar-refractivity contribution in [1.29, 1.82) is 0 Å². The van der Waals surface area contributed by atoms with Gasteiger partial charge in [-0.05, 0) is 98.0 Å². The summed E-state index contributed by atoms with van der Waals surface area (Å²) in [6.45, 7) is 3.45. The third kappa shape index (κ3) is 5.14. The lowest BCUT2D eigenvalue weighted by Crippen LogP contribution is -2.36. The SMILES string of the molecule is Cc1cc(F)cc(C)c1NC(=O)C1(C(=O)Nc2ccc(Oc3ccnc4cc(-c5cnn(C)c5)ccc34)cc2)CC1. The Labute approximate surface area is 236 Å². The van der Waals surface area contributed by atoms with Gasteiger partial charge in [-0.3, -0.25) is 19.3 Å². The summed E-state index contributed by atoms with van der Waals surface area (Å²) >= 11 is 0. The van der Waals surface area contributed by atoms with Crippen LogP contribution in [0.1, 0.15) is 24.0 Å². The van der Waals surface area contributed by atoms with E-state index in [1.165, 1.54) is 12.1 Å². The highest BCUT2D eigenvalue weighted by atomic mass is 19.1. The van der Waals surface area contributed by atoms with Crippen LogP contribution in [0.25, 0.3) is 22.0 Å². The highest BCUT2D eigenvalue weighted by Crippen LogP contribution is 2.48. The third-order valence-electron chi connectivity index (χ3n) is 7.44. The van der Waals surface area contributed by atoms with Gasteiger partial charge in [0.15, 0.2) is 0 Å². The Hall–Kier alpha value is -5.05. The molecule has 0 bridgehead atoms. The molecule has 41 heavy (non-hydrogen) atoms. The summed E-state index contributed by atoms with van der Waals surface area (Å²) < 4.78 is 21.6. The van der Waals surface area contributed by atoms with E-state index in [1.54, 1.807) is 49.0 Å². The predicted octanol–water partition coefficient (Wildman–Crippen LogP) is 6.54. The van der Waals surface area contributed by atoms with Crippen LogP contribution in [0.5, 0.6) is 11.5 Å². The second kappa shape index (κ2) is 10.2. The van der Waals surface area contributed by atoms with Gasteiger partial charge in [0.05, 0.1) is 11.7 Å². The number of fused-ring (bicyclic) bond motifs is 1. The number of carbonyl (C=O) groups excluding carboxylic acids is 2. The van der Waals surface area contributed by atoms with Crippen molar-refractivity contribution < 1.29 is 18.7 Å². The minimum atomic E-state index is -1.15. The number of amides is 2. The molecule has 3 aromatic carbocycles. The first-order valence-corrected chi connectivity index (χ1v) is 13.3. The lowest BCUT2D eigenvalue weighted by atomic mass is 10.0. The largest absolute Gasteiger partial charge is 0.457 e. The number of benzene rings is 3. The number of rotatable bonds is 7. The summed E-state index contributed by atoms with van der Waals surface area (Å²) in [6.07, 6.45) is 6.36. The zero-order chi connectivity index (χ0) is 28.7. The van der Waals surface area contributed by atoms with Gasteiger partial charge in [-0.2, -0.15) is 5.10 Å². The molecule has 9 heteroatoms. The average molecular weight is 550 g/mol. The van der Waals surface area contributed by atoms with Crippen LogP contribution in [-0.2, 0) is 16.6 Å². The maximum atomic E-state index is 13.7. The fourth-order valence-electron chi connectivity index (χ4n) is 4.97. The van der Waals surface area contributed by atoms with Crippen LogP contribution < -0.4 is 15.4 Å². The number of hydrogen-bond acceptors (Lipinski definition) is 5. The fraction of sp³-hybridized carbons (Fsp3) is 0.188. The van der Waals surface area contributed by atoms with Crippen molar-refractivity contribution >= 4 is 34.1 Å². The summed E-state index contributed by atoms with van der Waals surface area (Å²) in [7, 11) is 1.88. The maximum absolute atomic E-state index is 13.7. The lowest BCUT2D eigenvalue weighted by Gasteiger charge is -2.18. The number of anilines is 2. The summed E-state index contributed by atoms with van der Waals surface area (Å²) in [6, 6.07) is 17.5. The topological polar surface area (TPSA) is 98.1 Å². The molecular formula is C32H28FN5O3. The molecule has 2 amide bonds. The molecule has 0 spiro atoms. The second-order valence-electron chi connectivity index (χ2n) is 10.5. The van der Waals surface area contributed by atoms with Gasteiger partial charge in [0.1, 0.15) is 22.7 Å². The molecule has 2 heterocycles. The Morgan fingerprint density at radius 2 is 1.63 bits per heavy atom. The minimum Gasteiger partial charge on any atom is -0.457 e. The van der Waals surface area contributed by atoms with Crippen molar-refractivity contribution in [3.63, 3.8) is 0 Å². The second-order valence-corrected chi connectivity index (χ2v) is 10.5. The van der Waals surface area contributed by atoms with E-state index < -0.39 is 5.41 Å². The zero-order valence-electron chi connectivity index (χ0n) is 22.9. The number of aromatic nitrogens is 3. The van der Waals surface area contributed by atoms with Crippen molar-refractivity contribution in [1.82, 2.24) is 14.8 Å². The van der Waals surface area contributed by atoms with Crippen molar-refractivity contribution in [2.75, 3.05) is 10.6 Å². The van der Waals surface area contributed by atoms with Crippen LogP contribution >= 0.6 is 0 Å². The average Bonchev–Trinajstić information content (AvgIpc) is 3.66. The molecule has 2 aromatic heterocycles. The van der Waals surface area contributed by atoms with E-state index in [-0.39, 0.29) is 17.6 Å². The van der Waals surface area contributed by atoms with E-state index in [9.17, 15) is 14.0 Å². The number of pyridine rings is 1. The van der Waals surface area contributed by atoms with Crippen molar-refractivity contribution in [2.24, 2.45) is 12.5 Å². The minimum absolute atomic E-state index is 0.364. The molecule has 5 aromatic rings. The molecule has 0 saturated heterocycles. The molecule has 8 nitrogen and oxygen atoms in total. The van der Waals surface area contributed by atoms with Gasteiger partial charge in [0.25, 0.3) is 0 Å². The van der Waals surface area contributed by atoms with Gasteiger partial charge < -0.3 is 15.4 Å². The van der Waals surface area contributed by atoms with Crippen molar-refractivity contribution in [3.8, 4) is 22.6 Å². The Morgan fingerprint density at radius 1 is 0.927 bits per heavy atom. The Bertz CT molecular complexity index is 1790. The standard InChI is InChI=1S/C32H28FN5O3/c1-19-14-23(33)15-20(2)29(19)37-31(40)32(11-12-32)30(39)36-24-5-7-25(8-6-24)41-28-10-13-34-27-16-21(4-9-26(27)28)22-17-35-38(3)18-22/h4-10,13-18H,11-12H2,1-3H3,(H,36,39)(H,37,40).